The van der Waals surface area contributed by atoms with E-state index in [0.29, 0.717) is 17.7 Å². The van der Waals surface area contributed by atoms with Crippen LogP contribution >= 0.6 is 0 Å². The zero-order valence-corrected chi connectivity index (χ0v) is 12.8. The number of benzene rings is 1. The van der Waals surface area contributed by atoms with Gasteiger partial charge >= 0.3 is 0 Å². The van der Waals surface area contributed by atoms with E-state index in [1.165, 1.54) is 0 Å². The number of ether oxygens (including phenoxy) is 3. The fourth-order valence-corrected chi connectivity index (χ4v) is 3.00. The third kappa shape index (κ3) is 3.83. The van der Waals surface area contributed by atoms with E-state index in [1.54, 1.807) is 19.1 Å². The van der Waals surface area contributed by atoms with Gasteiger partial charge in [0.2, 0.25) is 0 Å². The Morgan fingerprint density at radius 2 is 1.86 bits per heavy atom. The lowest BCUT2D eigenvalue weighted by Gasteiger charge is -2.29. The zero-order valence-electron chi connectivity index (χ0n) is 12.8. The van der Waals surface area contributed by atoms with Crippen LogP contribution in [0.2, 0.25) is 0 Å². The first-order chi connectivity index (χ1) is 10.6. The van der Waals surface area contributed by atoms with E-state index in [4.69, 9.17) is 14.2 Å². The molecule has 1 aliphatic heterocycles. The summed E-state index contributed by atoms with van der Waals surface area (Å²) in [6.07, 6.45) is 3.73. The molecule has 22 heavy (non-hydrogen) atoms. The maximum atomic E-state index is 14.0. The van der Waals surface area contributed by atoms with Gasteiger partial charge in [0.25, 0.3) is 0 Å². The molecule has 2 fully saturated rings. The molecule has 0 radical (unpaired) electrons. The summed E-state index contributed by atoms with van der Waals surface area (Å²) in [5.41, 5.74) is 0.860. The Kier molecular flexibility index (Phi) is 5.06. The third-order valence-corrected chi connectivity index (χ3v) is 4.51. The van der Waals surface area contributed by atoms with Gasteiger partial charge in [-0.25, -0.2) is 8.78 Å². The summed E-state index contributed by atoms with van der Waals surface area (Å²) in [6, 6.07) is 3.38. The lowest BCUT2D eigenvalue weighted by molar-refractivity contribution is -0.102. The predicted octanol–water partition coefficient (Wildman–Crippen LogP) is 3.69. The van der Waals surface area contributed by atoms with Crippen LogP contribution in [0, 0.1) is 18.6 Å². The topological polar surface area (TPSA) is 31.0 Å². The second kappa shape index (κ2) is 7.02. The molecule has 1 aromatic carbocycles. The average Bonchev–Trinajstić information content (AvgIpc) is 3.35. The van der Waals surface area contributed by atoms with E-state index >= 15 is 0 Å². The molecule has 0 N–H and O–H groups in total. The SMILES string of the molecule is Cc1ccc(C2CCC(OCOCC3CO3)CC2)c(F)c1F. The van der Waals surface area contributed by atoms with Gasteiger partial charge in [-0.1, -0.05) is 12.1 Å². The van der Waals surface area contributed by atoms with E-state index < -0.39 is 11.6 Å². The van der Waals surface area contributed by atoms with Gasteiger partial charge in [-0.05, 0) is 49.7 Å². The molecule has 0 bridgehead atoms. The Balaban J connectivity index is 1.45. The molecule has 1 aromatic rings. The largest absolute Gasteiger partial charge is 0.371 e. The monoisotopic (exact) mass is 312 g/mol. The molecule has 2 aliphatic rings. The van der Waals surface area contributed by atoms with Crippen molar-refractivity contribution in [2.24, 2.45) is 0 Å². The van der Waals surface area contributed by atoms with E-state index in [2.05, 4.69) is 0 Å². The van der Waals surface area contributed by atoms with E-state index in [0.717, 1.165) is 32.3 Å². The van der Waals surface area contributed by atoms with Crippen LogP contribution in [0.4, 0.5) is 8.78 Å². The first kappa shape index (κ1) is 15.8. The van der Waals surface area contributed by atoms with Gasteiger partial charge in [-0.15, -0.1) is 0 Å². The molecule has 1 saturated heterocycles. The first-order valence-corrected chi connectivity index (χ1v) is 7.90. The molecule has 1 aliphatic carbocycles. The van der Waals surface area contributed by atoms with Gasteiger partial charge in [-0.2, -0.15) is 0 Å². The highest BCUT2D eigenvalue weighted by Gasteiger charge is 2.27. The van der Waals surface area contributed by atoms with E-state index in [9.17, 15) is 8.78 Å². The smallest absolute Gasteiger partial charge is 0.162 e. The van der Waals surface area contributed by atoms with Gasteiger partial charge in [0.15, 0.2) is 11.6 Å². The van der Waals surface area contributed by atoms with Gasteiger partial charge in [0.05, 0.1) is 19.3 Å². The first-order valence-electron chi connectivity index (χ1n) is 7.90. The number of halogens is 2. The Hall–Kier alpha value is -1.04. The van der Waals surface area contributed by atoms with Crippen LogP contribution in [-0.2, 0) is 14.2 Å². The predicted molar refractivity (Wildman–Crippen MR) is 77.7 cm³/mol. The molecule has 0 amide bonds. The quantitative estimate of drug-likeness (QED) is 0.456. The summed E-state index contributed by atoms with van der Waals surface area (Å²) >= 11 is 0. The highest BCUT2D eigenvalue weighted by Crippen LogP contribution is 2.36. The summed E-state index contributed by atoms with van der Waals surface area (Å²) in [5.74, 6) is -1.32. The van der Waals surface area contributed by atoms with Crippen LogP contribution < -0.4 is 0 Å². The second-order valence-electron chi connectivity index (χ2n) is 6.18. The molecule has 1 saturated carbocycles. The minimum Gasteiger partial charge on any atom is -0.371 e. The van der Waals surface area contributed by atoms with Crippen molar-refractivity contribution in [1.29, 1.82) is 0 Å². The minimum atomic E-state index is -0.716. The van der Waals surface area contributed by atoms with Crippen LogP contribution in [-0.4, -0.2) is 32.2 Å². The van der Waals surface area contributed by atoms with Gasteiger partial charge in [-0.3, -0.25) is 0 Å². The van der Waals surface area contributed by atoms with Crippen LogP contribution in [0.5, 0.6) is 0 Å². The Morgan fingerprint density at radius 1 is 1.14 bits per heavy atom. The molecule has 122 valence electrons. The average molecular weight is 312 g/mol. The maximum Gasteiger partial charge on any atom is 0.162 e. The van der Waals surface area contributed by atoms with E-state index in [1.807, 2.05) is 0 Å². The van der Waals surface area contributed by atoms with Crippen molar-refractivity contribution >= 4 is 0 Å². The summed E-state index contributed by atoms with van der Waals surface area (Å²) < 4.78 is 43.8. The van der Waals surface area contributed by atoms with Crippen molar-refractivity contribution in [3.8, 4) is 0 Å². The molecule has 0 aromatic heterocycles. The summed E-state index contributed by atoms with van der Waals surface area (Å²) in [4.78, 5) is 0. The van der Waals surface area contributed by atoms with Gasteiger partial charge in [0, 0.05) is 0 Å². The maximum absolute atomic E-state index is 14.0. The zero-order chi connectivity index (χ0) is 15.5. The Labute approximate surface area is 129 Å². The lowest BCUT2D eigenvalue weighted by atomic mass is 9.82. The number of rotatable bonds is 6. The third-order valence-electron chi connectivity index (χ3n) is 4.51. The number of epoxide rings is 1. The van der Waals surface area contributed by atoms with Crippen molar-refractivity contribution < 1.29 is 23.0 Å². The van der Waals surface area contributed by atoms with Gasteiger partial charge < -0.3 is 14.2 Å². The Bertz CT molecular complexity index is 509. The van der Waals surface area contributed by atoms with Crippen LogP contribution in [0.15, 0.2) is 12.1 Å². The lowest BCUT2D eigenvalue weighted by Crippen LogP contribution is -2.23. The summed E-state index contributed by atoms with van der Waals surface area (Å²) in [5, 5.41) is 0. The fraction of sp³-hybridized carbons (Fsp3) is 0.647. The normalized spacial score (nSPS) is 27.9. The van der Waals surface area contributed by atoms with Crippen molar-refractivity contribution in [2.45, 2.75) is 50.7 Å². The second-order valence-corrected chi connectivity index (χ2v) is 6.18. The summed E-state index contributed by atoms with van der Waals surface area (Å²) in [7, 11) is 0. The van der Waals surface area contributed by atoms with E-state index in [-0.39, 0.29) is 24.9 Å². The van der Waals surface area contributed by atoms with Gasteiger partial charge in [0.1, 0.15) is 12.9 Å². The molecule has 3 nitrogen and oxygen atoms in total. The van der Waals surface area contributed by atoms with Crippen molar-refractivity contribution in [3.05, 3.63) is 34.9 Å². The number of hydrogen-bond donors (Lipinski definition) is 0. The molecular weight excluding hydrogens is 290 g/mol. The molecule has 3 rings (SSSR count). The van der Waals surface area contributed by atoms with Crippen LogP contribution in [0.25, 0.3) is 0 Å². The van der Waals surface area contributed by atoms with Crippen molar-refractivity contribution in [2.75, 3.05) is 20.0 Å². The number of hydrogen-bond acceptors (Lipinski definition) is 3. The molecule has 5 heteroatoms. The highest BCUT2D eigenvalue weighted by atomic mass is 19.2. The molecule has 1 heterocycles. The summed E-state index contributed by atoms with van der Waals surface area (Å²) in [6.45, 7) is 3.23. The standard InChI is InChI=1S/C17H22F2O3/c1-11-2-7-15(17(19)16(11)18)12-3-5-13(6-4-12)22-10-20-8-14-9-21-14/h2,7,12-14H,3-6,8-10H2,1H3. The minimum absolute atomic E-state index is 0.0794. The number of aryl methyl sites for hydroxylation is 1. The molecule has 1 atom stereocenters. The molecular formula is C17H22F2O3. The van der Waals surface area contributed by atoms with Crippen molar-refractivity contribution in [1.82, 2.24) is 0 Å². The van der Waals surface area contributed by atoms with Crippen molar-refractivity contribution in [3.63, 3.8) is 0 Å². The molecule has 0 spiro atoms. The van der Waals surface area contributed by atoms with Crippen LogP contribution in [0.3, 0.4) is 0 Å². The Morgan fingerprint density at radius 3 is 2.55 bits per heavy atom. The highest BCUT2D eigenvalue weighted by molar-refractivity contribution is 5.28. The fourth-order valence-electron chi connectivity index (χ4n) is 3.00. The van der Waals surface area contributed by atoms with Crippen LogP contribution in [0.1, 0.15) is 42.7 Å². The molecule has 1 unspecified atom stereocenters.